The Morgan fingerprint density at radius 3 is 2.96 bits per heavy atom. The van der Waals surface area contributed by atoms with Gasteiger partial charge in [-0.2, -0.15) is 0 Å². The van der Waals surface area contributed by atoms with Crippen molar-refractivity contribution < 1.29 is 23.8 Å². The summed E-state index contributed by atoms with van der Waals surface area (Å²) in [5.41, 5.74) is -0.119. The van der Waals surface area contributed by atoms with Gasteiger partial charge in [-0.25, -0.2) is 9.37 Å². The van der Waals surface area contributed by atoms with E-state index in [0.717, 1.165) is 0 Å². The topological polar surface area (TPSA) is 79.7 Å². The molecule has 8 heteroatoms. The van der Waals surface area contributed by atoms with Crippen LogP contribution in [-0.4, -0.2) is 53.2 Å². The number of carboxylic acids is 1. The minimum absolute atomic E-state index is 0.176. The number of thiazole rings is 1. The highest BCUT2D eigenvalue weighted by Gasteiger charge is 2.55. The van der Waals surface area contributed by atoms with Gasteiger partial charge in [-0.15, -0.1) is 11.3 Å². The quantitative estimate of drug-likeness (QED) is 0.867. The Bertz CT molecular complexity index is 886. The lowest BCUT2D eigenvalue weighted by molar-refractivity contribution is -0.157. The minimum atomic E-state index is -0.931. The number of likely N-dealkylation sites (tertiary alicyclic amines) is 1. The molecule has 0 unspecified atom stereocenters. The molecule has 142 valence electrons. The van der Waals surface area contributed by atoms with Crippen molar-refractivity contribution in [2.24, 2.45) is 11.3 Å². The first-order chi connectivity index (χ1) is 13.0. The SMILES string of the molecule is O=C(c1csc(Cc2ccccc2F)n1)N1C[C@H]2COCC[C@@]2(C(=O)O)C1. The molecule has 2 atom stereocenters. The monoisotopic (exact) mass is 390 g/mol. The molecule has 2 fully saturated rings. The number of fused-ring (bicyclic) bond motifs is 1. The van der Waals surface area contributed by atoms with Crippen LogP contribution >= 0.6 is 11.3 Å². The Labute approximate surface area is 159 Å². The van der Waals surface area contributed by atoms with Crippen molar-refractivity contribution in [1.82, 2.24) is 9.88 Å². The van der Waals surface area contributed by atoms with Crippen LogP contribution < -0.4 is 0 Å². The highest BCUT2D eigenvalue weighted by molar-refractivity contribution is 7.09. The van der Waals surface area contributed by atoms with E-state index in [1.54, 1.807) is 28.5 Å². The van der Waals surface area contributed by atoms with Crippen LogP contribution in [-0.2, 0) is 16.0 Å². The van der Waals surface area contributed by atoms with Crippen molar-refractivity contribution in [3.8, 4) is 0 Å². The van der Waals surface area contributed by atoms with Gasteiger partial charge in [0.05, 0.1) is 17.0 Å². The van der Waals surface area contributed by atoms with Gasteiger partial charge >= 0.3 is 5.97 Å². The molecule has 0 radical (unpaired) electrons. The summed E-state index contributed by atoms with van der Waals surface area (Å²) in [5.74, 6) is -1.65. The zero-order valence-electron chi connectivity index (χ0n) is 14.6. The van der Waals surface area contributed by atoms with Crippen LogP contribution in [0.4, 0.5) is 4.39 Å². The fraction of sp³-hybridized carbons (Fsp3) is 0.421. The van der Waals surface area contributed by atoms with Crippen LogP contribution in [0.15, 0.2) is 29.6 Å². The second-order valence-corrected chi connectivity index (χ2v) is 8.01. The number of amides is 1. The van der Waals surface area contributed by atoms with Crippen molar-refractivity contribution in [3.63, 3.8) is 0 Å². The fourth-order valence-corrected chi connectivity index (χ4v) is 4.70. The average molecular weight is 390 g/mol. The Morgan fingerprint density at radius 1 is 1.41 bits per heavy atom. The van der Waals surface area contributed by atoms with E-state index < -0.39 is 11.4 Å². The third-order valence-corrected chi connectivity index (χ3v) is 6.34. The molecule has 0 saturated carbocycles. The van der Waals surface area contributed by atoms with Crippen LogP contribution in [0, 0.1) is 17.2 Å². The number of carbonyl (C=O) groups is 2. The van der Waals surface area contributed by atoms with Gasteiger partial charge in [-0.3, -0.25) is 9.59 Å². The fourth-order valence-electron chi connectivity index (χ4n) is 3.91. The molecule has 1 aromatic heterocycles. The molecule has 2 aromatic rings. The molecular weight excluding hydrogens is 371 g/mol. The Morgan fingerprint density at radius 2 is 2.22 bits per heavy atom. The number of aromatic nitrogens is 1. The maximum absolute atomic E-state index is 13.8. The lowest BCUT2D eigenvalue weighted by Gasteiger charge is -2.33. The number of ether oxygens (including phenoxy) is 1. The van der Waals surface area contributed by atoms with Crippen molar-refractivity contribution in [3.05, 3.63) is 51.7 Å². The number of halogens is 1. The van der Waals surface area contributed by atoms with Gasteiger partial charge in [0.15, 0.2) is 0 Å². The van der Waals surface area contributed by atoms with Crippen LogP contribution in [0.3, 0.4) is 0 Å². The predicted octanol–water partition coefficient (Wildman–Crippen LogP) is 2.44. The van der Waals surface area contributed by atoms with Gasteiger partial charge in [0.1, 0.15) is 11.5 Å². The van der Waals surface area contributed by atoms with E-state index in [0.29, 0.717) is 43.2 Å². The van der Waals surface area contributed by atoms with Crippen LogP contribution in [0.5, 0.6) is 0 Å². The third kappa shape index (κ3) is 3.23. The number of hydrogen-bond acceptors (Lipinski definition) is 5. The number of rotatable bonds is 4. The van der Waals surface area contributed by atoms with Crippen LogP contribution in [0.1, 0.15) is 27.5 Å². The first-order valence-electron chi connectivity index (χ1n) is 8.78. The minimum Gasteiger partial charge on any atom is -0.481 e. The standard InChI is InChI=1S/C19H19FN2O4S/c20-14-4-2-1-3-12(14)7-16-21-15(10-27-16)17(23)22-8-13-9-26-6-5-19(13,11-22)18(24)25/h1-4,10,13H,5-9,11H2,(H,24,25)/t13-,19+/m0/s1. The van der Waals surface area contributed by atoms with Gasteiger partial charge < -0.3 is 14.7 Å². The summed E-state index contributed by atoms with van der Waals surface area (Å²) >= 11 is 1.30. The number of benzene rings is 1. The summed E-state index contributed by atoms with van der Waals surface area (Å²) in [4.78, 5) is 30.6. The molecule has 0 aliphatic carbocycles. The largest absolute Gasteiger partial charge is 0.481 e. The molecule has 1 aromatic carbocycles. The van der Waals surface area contributed by atoms with Gasteiger partial charge in [0, 0.05) is 37.4 Å². The van der Waals surface area contributed by atoms with E-state index in [1.807, 2.05) is 0 Å². The predicted molar refractivity (Wildman–Crippen MR) is 96.2 cm³/mol. The summed E-state index contributed by atoms with van der Waals surface area (Å²) in [7, 11) is 0. The van der Waals surface area contributed by atoms with E-state index >= 15 is 0 Å². The summed E-state index contributed by atoms with van der Waals surface area (Å²) < 4.78 is 19.2. The number of carbonyl (C=O) groups excluding carboxylic acids is 1. The highest BCUT2D eigenvalue weighted by atomic mass is 32.1. The van der Waals surface area contributed by atoms with E-state index in [2.05, 4.69) is 4.98 Å². The number of hydrogen-bond donors (Lipinski definition) is 1. The van der Waals surface area contributed by atoms with Crippen molar-refractivity contribution in [2.45, 2.75) is 12.8 Å². The first-order valence-corrected chi connectivity index (χ1v) is 9.66. The molecule has 1 amide bonds. The Balaban J connectivity index is 1.50. The number of carboxylic acid groups (broad SMARTS) is 1. The summed E-state index contributed by atoms with van der Waals surface area (Å²) in [6.07, 6.45) is 0.729. The lowest BCUT2D eigenvalue weighted by Crippen LogP contribution is -2.45. The van der Waals surface area contributed by atoms with Crippen LogP contribution in [0.25, 0.3) is 0 Å². The maximum Gasteiger partial charge on any atom is 0.311 e. The van der Waals surface area contributed by atoms with Gasteiger partial charge in [-0.05, 0) is 18.1 Å². The molecule has 6 nitrogen and oxygen atoms in total. The van der Waals surface area contributed by atoms with E-state index in [1.165, 1.54) is 17.4 Å². The molecule has 0 bridgehead atoms. The van der Waals surface area contributed by atoms with Crippen molar-refractivity contribution >= 4 is 23.2 Å². The summed E-state index contributed by atoms with van der Waals surface area (Å²) in [6.45, 7) is 1.28. The number of nitrogens with zero attached hydrogens (tertiary/aromatic N) is 2. The van der Waals surface area contributed by atoms with Crippen molar-refractivity contribution in [2.75, 3.05) is 26.3 Å². The van der Waals surface area contributed by atoms with E-state index in [9.17, 15) is 19.1 Å². The van der Waals surface area contributed by atoms with Crippen molar-refractivity contribution in [1.29, 1.82) is 0 Å². The summed E-state index contributed by atoms with van der Waals surface area (Å²) in [5, 5.41) is 12.0. The number of aliphatic carboxylic acids is 1. The maximum atomic E-state index is 13.8. The van der Waals surface area contributed by atoms with E-state index in [-0.39, 0.29) is 29.9 Å². The van der Waals surface area contributed by atoms with Gasteiger partial charge in [0.25, 0.3) is 5.91 Å². The second kappa shape index (κ2) is 7.01. The smallest absolute Gasteiger partial charge is 0.311 e. The average Bonchev–Trinajstić information content (AvgIpc) is 3.28. The third-order valence-electron chi connectivity index (χ3n) is 5.49. The van der Waals surface area contributed by atoms with Crippen LogP contribution in [0.2, 0.25) is 0 Å². The first kappa shape index (κ1) is 18.1. The Hall–Kier alpha value is -2.32. The molecule has 2 saturated heterocycles. The molecular formula is C19H19FN2O4S. The Kier molecular flexibility index (Phi) is 4.69. The molecule has 4 rings (SSSR count). The highest BCUT2D eigenvalue weighted by Crippen LogP contribution is 2.42. The molecule has 2 aliphatic heterocycles. The zero-order valence-corrected chi connectivity index (χ0v) is 15.4. The zero-order chi connectivity index (χ0) is 19.0. The lowest BCUT2D eigenvalue weighted by atomic mass is 9.74. The summed E-state index contributed by atoms with van der Waals surface area (Å²) in [6, 6.07) is 6.48. The molecule has 0 spiro atoms. The van der Waals surface area contributed by atoms with Gasteiger partial charge in [-0.1, -0.05) is 18.2 Å². The molecule has 27 heavy (non-hydrogen) atoms. The molecule has 3 heterocycles. The molecule has 1 N–H and O–H groups in total. The second-order valence-electron chi connectivity index (χ2n) is 7.06. The van der Waals surface area contributed by atoms with E-state index in [4.69, 9.17) is 4.74 Å². The normalized spacial score (nSPS) is 24.6. The molecule has 2 aliphatic rings. The van der Waals surface area contributed by atoms with Gasteiger partial charge in [0.2, 0.25) is 0 Å².